The minimum absolute atomic E-state index is 0.0557. The number of carbonyl (C=O) groups is 1. The van der Waals surface area contributed by atoms with Crippen LogP contribution in [0.5, 0.6) is 0 Å². The van der Waals surface area contributed by atoms with Gasteiger partial charge < -0.3 is 13.1 Å². The van der Waals surface area contributed by atoms with Gasteiger partial charge in [0.05, 0.1) is 0 Å². The Morgan fingerprint density at radius 1 is 0.742 bits per heavy atom. The van der Waals surface area contributed by atoms with Crippen molar-refractivity contribution in [1.82, 2.24) is 0 Å². The summed E-state index contributed by atoms with van der Waals surface area (Å²) in [5.74, 6) is 0.0557. The molecule has 0 aliphatic heterocycles. The largest absolute Gasteiger partial charge is 0.437 e. The zero-order valence-corrected chi connectivity index (χ0v) is 23.7. The van der Waals surface area contributed by atoms with Crippen molar-refractivity contribution in [2.45, 2.75) is 58.3 Å². The Bertz CT molecular complexity index is 851. The second-order valence-electron chi connectivity index (χ2n) is 10.5. The molecule has 0 aromatic heterocycles. The van der Waals surface area contributed by atoms with Gasteiger partial charge in [-0.2, -0.15) is 0 Å². The number of carbonyl (C=O) groups excluding carboxylic acids is 1. The maximum atomic E-state index is 12.8. The fourth-order valence-electron chi connectivity index (χ4n) is 3.69. The standard InChI is InChI=1S/C24H39NO3Si3/c1-25(2)23-16-14-22(15-17-23)24(26)21-12-10-20(11-13-21)18-19-31(9,27-29(3,4)5)28-30(6,7)8/h10-17H,18-19H2,1-9H3. The van der Waals surface area contributed by atoms with Crippen molar-refractivity contribution < 1.29 is 13.0 Å². The van der Waals surface area contributed by atoms with E-state index in [-0.39, 0.29) is 5.78 Å². The molecule has 0 atom stereocenters. The van der Waals surface area contributed by atoms with Crippen molar-refractivity contribution in [2.24, 2.45) is 0 Å². The van der Waals surface area contributed by atoms with E-state index in [4.69, 9.17) is 8.23 Å². The molecule has 0 unspecified atom stereocenters. The third-order valence-electron chi connectivity index (χ3n) is 4.77. The molecule has 2 rings (SSSR count). The molecule has 0 saturated carbocycles. The van der Waals surface area contributed by atoms with Gasteiger partial charge in [-0.1, -0.05) is 24.3 Å². The smallest absolute Gasteiger partial charge is 0.314 e. The highest BCUT2D eigenvalue weighted by molar-refractivity contribution is 6.87. The quantitative estimate of drug-likeness (QED) is 0.300. The van der Waals surface area contributed by atoms with Gasteiger partial charge in [0.15, 0.2) is 22.4 Å². The summed E-state index contributed by atoms with van der Waals surface area (Å²) in [6.45, 7) is 15.6. The lowest BCUT2D eigenvalue weighted by molar-refractivity contribution is 0.103. The van der Waals surface area contributed by atoms with Gasteiger partial charge >= 0.3 is 8.56 Å². The summed E-state index contributed by atoms with van der Waals surface area (Å²) in [6, 6.07) is 16.7. The fraction of sp³-hybridized carbons (Fsp3) is 0.458. The number of benzene rings is 2. The van der Waals surface area contributed by atoms with Crippen LogP contribution in [0.2, 0.25) is 51.9 Å². The van der Waals surface area contributed by atoms with Crippen LogP contribution in [0.15, 0.2) is 48.5 Å². The van der Waals surface area contributed by atoms with Crippen LogP contribution >= 0.6 is 0 Å². The second kappa shape index (κ2) is 9.96. The van der Waals surface area contributed by atoms with E-state index in [2.05, 4.69) is 58.0 Å². The zero-order chi connectivity index (χ0) is 23.4. The summed E-state index contributed by atoms with van der Waals surface area (Å²) >= 11 is 0. The molecule has 0 fully saturated rings. The SMILES string of the molecule is CN(C)c1ccc(C(=O)c2ccc(CC[Si](C)(O[Si](C)(C)C)O[Si](C)(C)C)cc2)cc1. The van der Waals surface area contributed by atoms with Crippen LogP contribution in [0, 0.1) is 0 Å². The predicted molar refractivity (Wildman–Crippen MR) is 140 cm³/mol. The van der Waals surface area contributed by atoms with E-state index in [0.29, 0.717) is 5.56 Å². The van der Waals surface area contributed by atoms with Crippen molar-refractivity contribution in [3.8, 4) is 0 Å². The van der Waals surface area contributed by atoms with Crippen LogP contribution in [0.1, 0.15) is 21.5 Å². The van der Waals surface area contributed by atoms with Crippen LogP contribution in [-0.4, -0.2) is 45.1 Å². The molecule has 0 spiro atoms. The Kier molecular flexibility index (Phi) is 8.27. The molecular weight excluding hydrogens is 435 g/mol. The lowest BCUT2D eigenvalue weighted by Gasteiger charge is -2.38. The number of ketones is 1. The first-order valence-corrected chi connectivity index (χ1v) is 20.3. The van der Waals surface area contributed by atoms with Crippen molar-refractivity contribution in [3.63, 3.8) is 0 Å². The molecular formula is C24H39NO3Si3. The number of rotatable bonds is 10. The Morgan fingerprint density at radius 2 is 1.16 bits per heavy atom. The summed E-state index contributed by atoms with van der Waals surface area (Å²) in [5.41, 5.74) is 3.74. The lowest BCUT2D eigenvalue weighted by Crippen LogP contribution is -2.52. The van der Waals surface area contributed by atoms with Gasteiger partial charge in [-0.15, -0.1) is 0 Å². The van der Waals surface area contributed by atoms with Crippen molar-refractivity contribution >= 4 is 36.7 Å². The summed E-state index contributed by atoms with van der Waals surface area (Å²) in [5, 5.41) is 0. The highest BCUT2D eigenvalue weighted by Crippen LogP contribution is 2.26. The summed E-state index contributed by atoms with van der Waals surface area (Å²) in [7, 11) is -1.65. The summed E-state index contributed by atoms with van der Waals surface area (Å²) < 4.78 is 13.2. The van der Waals surface area contributed by atoms with E-state index in [0.717, 1.165) is 23.7 Å². The number of hydrogen-bond acceptors (Lipinski definition) is 4. The van der Waals surface area contributed by atoms with Crippen molar-refractivity contribution in [1.29, 1.82) is 0 Å². The molecule has 7 heteroatoms. The highest BCUT2D eigenvalue weighted by Gasteiger charge is 2.39. The maximum Gasteiger partial charge on any atom is 0.314 e. The normalized spacial score (nSPS) is 12.7. The molecule has 0 saturated heterocycles. The average molecular weight is 474 g/mol. The van der Waals surface area contributed by atoms with Crippen molar-refractivity contribution in [2.75, 3.05) is 19.0 Å². The zero-order valence-electron chi connectivity index (χ0n) is 20.7. The molecule has 0 aliphatic rings. The van der Waals surface area contributed by atoms with E-state index in [1.165, 1.54) is 5.56 Å². The molecule has 0 N–H and O–H groups in total. The molecule has 2 aromatic rings. The van der Waals surface area contributed by atoms with Gasteiger partial charge in [0, 0.05) is 30.9 Å². The van der Waals surface area contributed by atoms with E-state index in [1.54, 1.807) is 0 Å². The van der Waals surface area contributed by atoms with Crippen LogP contribution < -0.4 is 4.90 Å². The van der Waals surface area contributed by atoms with E-state index >= 15 is 0 Å². The average Bonchev–Trinajstić information content (AvgIpc) is 2.63. The molecule has 170 valence electrons. The maximum absolute atomic E-state index is 12.8. The van der Waals surface area contributed by atoms with Gasteiger partial charge in [0.25, 0.3) is 0 Å². The first kappa shape index (κ1) is 25.7. The van der Waals surface area contributed by atoms with Gasteiger partial charge in [0.1, 0.15) is 0 Å². The fourth-order valence-corrected chi connectivity index (χ4v) is 16.2. The number of hydrogen-bond donors (Lipinski definition) is 0. The topological polar surface area (TPSA) is 38.8 Å². The highest BCUT2D eigenvalue weighted by atomic mass is 28.5. The Morgan fingerprint density at radius 3 is 1.55 bits per heavy atom. The van der Waals surface area contributed by atoms with Crippen molar-refractivity contribution in [3.05, 3.63) is 65.2 Å². The number of aryl methyl sites for hydroxylation is 1. The first-order chi connectivity index (χ1) is 14.2. The van der Waals surface area contributed by atoms with Gasteiger partial charge in [-0.25, -0.2) is 0 Å². The Labute approximate surface area is 192 Å². The molecule has 0 aliphatic carbocycles. The minimum Gasteiger partial charge on any atom is -0.437 e. The van der Waals surface area contributed by atoms with Gasteiger partial charge in [-0.05, 0) is 88.1 Å². The van der Waals surface area contributed by atoms with Crippen LogP contribution in [0.25, 0.3) is 0 Å². The van der Waals surface area contributed by atoms with Crippen LogP contribution in [0.4, 0.5) is 5.69 Å². The van der Waals surface area contributed by atoms with E-state index < -0.39 is 25.2 Å². The molecule has 0 radical (unpaired) electrons. The number of anilines is 1. The molecule has 0 heterocycles. The van der Waals surface area contributed by atoms with E-state index in [9.17, 15) is 4.79 Å². The molecule has 2 aromatic carbocycles. The first-order valence-electron chi connectivity index (χ1n) is 11.0. The molecule has 0 amide bonds. The van der Waals surface area contributed by atoms with Gasteiger partial charge in [0.2, 0.25) is 0 Å². The predicted octanol–water partition coefficient (Wildman–Crippen LogP) is 6.30. The number of nitrogens with zero attached hydrogens (tertiary/aromatic N) is 1. The monoisotopic (exact) mass is 473 g/mol. The second-order valence-corrected chi connectivity index (χ2v) is 23.4. The molecule has 31 heavy (non-hydrogen) atoms. The summed E-state index contributed by atoms with van der Waals surface area (Å²) in [6.07, 6.45) is 0.906. The molecule has 0 bridgehead atoms. The third kappa shape index (κ3) is 8.50. The molecule has 4 nitrogen and oxygen atoms in total. The van der Waals surface area contributed by atoms with E-state index in [1.807, 2.05) is 55.4 Å². The Balaban J connectivity index is 2.09. The third-order valence-corrected chi connectivity index (χ3v) is 14.3. The lowest BCUT2D eigenvalue weighted by atomic mass is 10.0. The minimum atomic E-state index is -2.25. The Hall–Kier alpha value is -1.52. The van der Waals surface area contributed by atoms with Crippen LogP contribution in [0.3, 0.4) is 0 Å². The summed E-state index contributed by atoms with van der Waals surface area (Å²) in [4.78, 5) is 14.9. The van der Waals surface area contributed by atoms with Crippen LogP contribution in [-0.2, 0) is 14.7 Å². The van der Waals surface area contributed by atoms with Gasteiger partial charge in [-0.3, -0.25) is 4.79 Å².